The molecule has 6 nitrogen and oxygen atoms in total. The monoisotopic (exact) mass is 529 g/mol. The summed E-state index contributed by atoms with van der Waals surface area (Å²) in [7, 11) is 1.58. The molecule has 0 bridgehead atoms. The second-order valence-electron chi connectivity index (χ2n) is 7.62. The van der Waals surface area contributed by atoms with Crippen molar-refractivity contribution in [3.8, 4) is 0 Å². The fraction of sp³-hybridized carbons (Fsp3) is 0.280. The Morgan fingerprint density at radius 2 is 1.82 bits per heavy atom. The predicted molar refractivity (Wildman–Crippen MR) is 136 cm³/mol. The van der Waals surface area contributed by atoms with Crippen molar-refractivity contribution >= 4 is 44.9 Å². The van der Waals surface area contributed by atoms with Crippen LogP contribution < -0.4 is 5.32 Å². The first-order valence-electron chi connectivity index (χ1n) is 10.6. The van der Waals surface area contributed by atoms with Gasteiger partial charge in [0.1, 0.15) is 6.54 Å². The zero-order valence-electron chi connectivity index (χ0n) is 18.8. The van der Waals surface area contributed by atoms with Crippen molar-refractivity contribution in [2.24, 2.45) is 0 Å². The molecule has 0 radical (unpaired) electrons. The smallest absolute Gasteiger partial charge is 0.322 e. The summed E-state index contributed by atoms with van der Waals surface area (Å²) in [6, 6.07) is 19.0. The second kappa shape index (κ2) is 12.5. The SMILES string of the molecule is COCCN(CC(=O)N(Cc1ccccc1)Cc1sccc1C)C(=O)Nc1cccc(Br)c1. The van der Waals surface area contributed by atoms with Gasteiger partial charge in [-0.2, -0.15) is 0 Å². The van der Waals surface area contributed by atoms with Gasteiger partial charge in [0.2, 0.25) is 5.91 Å². The van der Waals surface area contributed by atoms with Gasteiger partial charge in [-0.15, -0.1) is 11.3 Å². The third-order valence-corrected chi connectivity index (χ3v) is 6.63. The summed E-state index contributed by atoms with van der Waals surface area (Å²) in [5.41, 5.74) is 2.86. The molecule has 1 heterocycles. The molecule has 1 N–H and O–H groups in total. The van der Waals surface area contributed by atoms with Crippen LogP contribution in [-0.2, 0) is 22.6 Å². The molecule has 0 saturated heterocycles. The van der Waals surface area contributed by atoms with Crippen LogP contribution in [0.3, 0.4) is 0 Å². The van der Waals surface area contributed by atoms with Crippen molar-refractivity contribution in [1.82, 2.24) is 9.80 Å². The molecular weight excluding hydrogens is 502 g/mol. The summed E-state index contributed by atoms with van der Waals surface area (Å²) in [5, 5.41) is 4.91. The molecule has 8 heteroatoms. The van der Waals surface area contributed by atoms with Crippen LogP contribution in [0.15, 0.2) is 70.5 Å². The number of nitrogens with one attached hydrogen (secondary N) is 1. The van der Waals surface area contributed by atoms with Crippen molar-refractivity contribution in [2.45, 2.75) is 20.0 Å². The Morgan fingerprint density at radius 3 is 2.48 bits per heavy atom. The first kappa shape index (κ1) is 25.0. The van der Waals surface area contributed by atoms with Gasteiger partial charge < -0.3 is 19.9 Å². The summed E-state index contributed by atoms with van der Waals surface area (Å²) in [6.07, 6.45) is 0. The van der Waals surface area contributed by atoms with Crippen LogP contribution in [0.4, 0.5) is 10.5 Å². The Hall–Kier alpha value is -2.68. The maximum Gasteiger partial charge on any atom is 0.322 e. The fourth-order valence-corrected chi connectivity index (χ4v) is 4.58. The van der Waals surface area contributed by atoms with Crippen LogP contribution in [0.5, 0.6) is 0 Å². The summed E-state index contributed by atoms with van der Waals surface area (Å²) >= 11 is 5.05. The van der Waals surface area contributed by atoms with E-state index >= 15 is 0 Å². The Bertz CT molecular complexity index is 1060. The average Bonchev–Trinajstić information content (AvgIpc) is 3.21. The van der Waals surface area contributed by atoms with Crippen LogP contribution in [0.2, 0.25) is 0 Å². The maximum absolute atomic E-state index is 13.4. The van der Waals surface area contributed by atoms with Gasteiger partial charge in [-0.05, 0) is 47.7 Å². The predicted octanol–water partition coefficient (Wildman–Crippen LogP) is 5.53. The van der Waals surface area contributed by atoms with E-state index in [0.717, 1.165) is 20.5 Å². The maximum atomic E-state index is 13.4. The Kier molecular flexibility index (Phi) is 9.47. The minimum atomic E-state index is -0.342. The van der Waals surface area contributed by atoms with E-state index in [-0.39, 0.29) is 18.5 Å². The number of ether oxygens (including phenoxy) is 1. The van der Waals surface area contributed by atoms with E-state index in [4.69, 9.17) is 4.74 Å². The molecule has 174 valence electrons. The second-order valence-corrected chi connectivity index (χ2v) is 9.53. The van der Waals surface area contributed by atoms with Gasteiger partial charge in [-0.25, -0.2) is 4.79 Å². The minimum absolute atomic E-state index is 0.0412. The van der Waals surface area contributed by atoms with Gasteiger partial charge in [0.05, 0.1) is 13.2 Å². The third kappa shape index (κ3) is 7.70. The van der Waals surface area contributed by atoms with E-state index < -0.39 is 0 Å². The lowest BCUT2D eigenvalue weighted by atomic mass is 10.2. The number of carbonyl (C=O) groups excluding carboxylic acids is 2. The van der Waals surface area contributed by atoms with Crippen molar-refractivity contribution in [2.75, 3.05) is 32.1 Å². The molecule has 0 aliphatic carbocycles. The van der Waals surface area contributed by atoms with Crippen molar-refractivity contribution in [1.29, 1.82) is 0 Å². The van der Waals surface area contributed by atoms with Gasteiger partial charge in [0.15, 0.2) is 0 Å². The molecule has 0 unspecified atom stereocenters. The highest BCUT2D eigenvalue weighted by atomic mass is 79.9. The number of hydrogen-bond acceptors (Lipinski definition) is 4. The molecule has 3 aromatic rings. The number of nitrogens with zero attached hydrogens (tertiary/aromatic N) is 2. The van der Waals surface area contributed by atoms with E-state index in [1.807, 2.05) is 60.8 Å². The fourth-order valence-electron chi connectivity index (χ4n) is 3.26. The first-order chi connectivity index (χ1) is 16.0. The van der Waals surface area contributed by atoms with Gasteiger partial charge >= 0.3 is 6.03 Å². The lowest BCUT2D eigenvalue weighted by Crippen LogP contribution is -2.45. The van der Waals surface area contributed by atoms with Gasteiger partial charge in [-0.1, -0.05) is 52.3 Å². The highest BCUT2D eigenvalue weighted by Gasteiger charge is 2.22. The standard InChI is InChI=1S/C25H28BrN3O3S/c1-19-11-14-33-23(19)17-29(16-20-7-4-3-5-8-20)24(30)18-28(12-13-32-2)25(31)27-22-10-6-9-21(26)15-22/h3-11,14-15H,12-13,16-18H2,1-2H3,(H,27,31). The van der Waals surface area contributed by atoms with E-state index in [1.165, 1.54) is 4.90 Å². The van der Waals surface area contributed by atoms with E-state index in [9.17, 15) is 9.59 Å². The summed E-state index contributed by atoms with van der Waals surface area (Å²) in [4.78, 5) is 30.9. The Morgan fingerprint density at radius 1 is 1.03 bits per heavy atom. The number of aryl methyl sites for hydroxylation is 1. The normalized spacial score (nSPS) is 10.6. The number of methoxy groups -OCH3 is 1. The molecule has 0 atom stereocenters. The van der Waals surface area contributed by atoms with Crippen LogP contribution in [0, 0.1) is 6.92 Å². The largest absolute Gasteiger partial charge is 0.383 e. The number of hydrogen-bond donors (Lipinski definition) is 1. The summed E-state index contributed by atoms with van der Waals surface area (Å²) in [5.74, 6) is -0.118. The first-order valence-corrected chi connectivity index (χ1v) is 12.3. The molecule has 0 spiro atoms. The number of halogens is 1. The minimum Gasteiger partial charge on any atom is -0.383 e. The molecule has 0 fully saturated rings. The Balaban J connectivity index is 1.76. The number of carbonyl (C=O) groups is 2. The highest BCUT2D eigenvalue weighted by molar-refractivity contribution is 9.10. The van der Waals surface area contributed by atoms with Gasteiger partial charge in [0, 0.05) is 35.2 Å². The summed E-state index contributed by atoms with van der Waals surface area (Å²) < 4.78 is 6.04. The lowest BCUT2D eigenvalue weighted by Gasteiger charge is -2.28. The number of rotatable bonds is 10. The van der Waals surface area contributed by atoms with Crippen LogP contribution in [0.25, 0.3) is 0 Å². The van der Waals surface area contributed by atoms with Gasteiger partial charge in [0.25, 0.3) is 0 Å². The molecule has 33 heavy (non-hydrogen) atoms. The molecule has 2 aromatic carbocycles. The Labute approximate surface area is 207 Å². The number of urea groups is 1. The van der Waals surface area contributed by atoms with Crippen molar-refractivity contribution in [3.05, 3.63) is 86.5 Å². The molecule has 3 rings (SSSR count). The zero-order chi connectivity index (χ0) is 23.6. The highest BCUT2D eigenvalue weighted by Crippen LogP contribution is 2.20. The molecule has 0 aliphatic rings. The number of anilines is 1. The van der Waals surface area contributed by atoms with E-state index in [0.29, 0.717) is 31.9 Å². The topological polar surface area (TPSA) is 61.9 Å². The molecule has 0 saturated carbocycles. The third-order valence-electron chi connectivity index (χ3n) is 5.13. The molecular formula is C25H28BrN3O3S. The van der Waals surface area contributed by atoms with E-state index in [1.54, 1.807) is 29.4 Å². The van der Waals surface area contributed by atoms with Crippen LogP contribution in [-0.4, -0.2) is 48.5 Å². The van der Waals surface area contributed by atoms with Crippen molar-refractivity contribution < 1.29 is 14.3 Å². The molecule has 0 aliphatic heterocycles. The quantitative estimate of drug-likeness (QED) is 0.375. The van der Waals surface area contributed by atoms with Crippen molar-refractivity contribution in [3.63, 3.8) is 0 Å². The lowest BCUT2D eigenvalue weighted by molar-refractivity contribution is -0.133. The molecule has 1 aromatic heterocycles. The number of amides is 3. The average molecular weight is 530 g/mol. The van der Waals surface area contributed by atoms with E-state index in [2.05, 4.69) is 27.3 Å². The van der Waals surface area contributed by atoms with Crippen LogP contribution >= 0.6 is 27.3 Å². The number of benzene rings is 2. The number of thiophene rings is 1. The molecule has 3 amide bonds. The van der Waals surface area contributed by atoms with Crippen LogP contribution in [0.1, 0.15) is 16.0 Å². The van der Waals surface area contributed by atoms with Gasteiger partial charge in [-0.3, -0.25) is 4.79 Å². The summed E-state index contributed by atoms with van der Waals surface area (Å²) in [6.45, 7) is 3.62. The zero-order valence-corrected chi connectivity index (χ0v) is 21.2.